The third-order valence-corrected chi connectivity index (χ3v) is 2.63. The van der Waals surface area contributed by atoms with Gasteiger partial charge in [0.25, 0.3) is 0 Å². The fourth-order valence-electron chi connectivity index (χ4n) is 1.69. The molecule has 0 aliphatic carbocycles. The average Bonchev–Trinajstić information content (AvgIpc) is 2.28. The van der Waals surface area contributed by atoms with Crippen molar-refractivity contribution in [1.82, 2.24) is 10.2 Å². The van der Waals surface area contributed by atoms with Crippen molar-refractivity contribution in [3.8, 4) is 0 Å². The molecule has 1 heterocycles. The second kappa shape index (κ2) is 7.60. The first-order chi connectivity index (χ1) is 7.72. The quantitative estimate of drug-likeness (QED) is 0.651. The molecule has 1 atom stereocenters. The highest BCUT2D eigenvalue weighted by molar-refractivity contribution is 5.78. The van der Waals surface area contributed by atoms with Crippen molar-refractivity contribution >= 4 is 5.91 Å². The standard InChI is InChI=1S/C11H22N2O3/c1-2-3-10(14)8-12-11(15)9-13-4-6-16-7-5-13/h10,14H,2-9H2,1H3,(H,12,15). The molecule has 0 spiro atoms. The second-order valence-corrected chi connectivity index (χ2v) is 4.14. The van der Waals surface area contributed by atoms with Gasteiger partial charge in [-0.05, 0) is 6.42 Å². The van der Waals surface area contributed by atoms with E-state index in [1.54, 1.807) is 0 Å². The molecule has 16 heavy (non-hydrogen) atoms. The largest absolute Gasteiger partial charge is 0.391 e. The summed E-state index contributed by atoms with van der Waals surface area (Å²) >= 11 is 0. The normalized spacial score (nSPS) is 19.4. The lowest BCUT2D eigenvalue weighted by Gasteiger charge is -2.26. The van der Waals surface area contributed by atoms with Crippen LogP contribution in [0.2, 0.25) is 0 Å². The Morgan fingerprint density at radius 3 is 2.81 bits per heavy atom. The van der Waals surface area contributed by atoms with Crippen molar-refractivity contribution < 1.29 is 14.6 Å². The van der Waals surface area contributed by atoms with Gasteiger partial charge in [0, 0.05) is 19.6 Å². The van der Waals surface area contributed by atoms with E-state index in [9.17, 15) is 9.90 Å². The molecule has 0 saturated carbocycles. The lowest BCUT2D eigenvalue weighted by molar-refractivity contribution is -0.123. The van der Waals surface area contributed by atoms with Crippen molar-refractivity contribution in [2.24, 2.45) is 0 Å². The smallest absolute Gasteiger partial charge is 0.234 e. The van der Waals surface area contributed by atoms with Gasteiger partial charge < -0.3 is 15.2 Å². The molecule has 0 aromatic rings. The van der Waals surface area contributed by atoms with Gasteiger partial charge in [-0.15, -0.1) is 0 Å². The Labute approximate surface area is 96.8 Å². The first-order valence-electron chi connectivity index (χ1n) is 5.97. The number of morpholine rings is 1. The van der Waals surface area contributed by atoms with E-state index in [4.69, 9.17) is 4.74 Å². The number of nitrogens with zero attached hydrogens (tertiary/aromatic N) is 1. The average molecular weight is 230 g/mol. The van der Waals surface area contributed by atoms with E-state index >= 15 is 0 Å². The van der Waals surface area contributed by atoms with Crippen LogP contribution in [0.3, 0.4) is 0 Å². The molecule has 1 amide bonds. The van der Waals surface area contributed by atoms with Crippen molar-refractivity contribution in [3.63, 3.8) is 0 Å². The molecule has 5 nitrogen and oxygen atoms in total. The summed E-state index contributed by atoms with van der Waals surface area (Å²) in [7, 11) is 0. The van der Waals surface area contributed by atoms with E-state index < -0.39 is 6.10 Å². The SMILES string of the molecule is CCCC(O)CNC(=O)CN1CCOCC1. The first kappa shape index (κ1) is 13.4. The summed E-state index contributed by atoms with van der Waals surface area (Å²) in [6.45, 7) is 5.80. The van der Waals surface area contributed by atoms with Gasteiger partial charge in [0.15, 0.2) is 0 Å². The molecule has 1 aliphatic rings. The van der Waals surface area contributed by atoms with Gasteiger partial charge in [-0.1, -0.05) is 13.3 Å². The van der Waals surface area contributed by atoms with Crippen molar-refractivity contribution in [3.05, 3.63) is 0 Å². The summed E-state index contributed by atoms with van der Waals surface area (Å²) in [6, 6.07) is 0. The monoisotopic (exact) mass is 230 g/mol. The van der Waals surface area contributed by atoms with Gasteiger partial charge >= 0.3 is 0 Å². The summed E-state index contributed by atoms with van der Waals surface area (Å²) in [5.74, 6) is -0.0166. The van der Waals surface area contributed by atoms with Crippen LogP contribution in [0.5, 0.6) is 0 Å². The van der Waals surface area contributed by atoms with Crippen LogP contribution in [0.1, 0.15) is 19.8 Å². The summed E-state index contributed by atoms with van der Waals surface area (Å²) < 4.78 is 5.20. The maximum atomic E-state index is 11.5. The van der Waals surface area contributed by atoms with Crippen LogP contribution in [0.15, 0.2) is 0 Å². The predicted octanol–water partition coefficient (Wildman–Crippen LogP) is -0.404. The topological polar surface area (TPSA) is 61.8 Å². The van der Waals surface area contributed by atoms with Gasteiger partial charge in [-0.3, -0.25) is 9.69 Å². The third-order valence-electron chi connectivity index (χ3n) is 2.63. The van der Waals surface area contributed by atoms with Gasteiger partial charge in [0.1, 0.15) is 0 Å². The molecule has 0 aromatic heterocycles. The van der Waals surface area contributed by atoms with Crippen LogP contribution < -0.4 is 5.32 Å². The molecular weight excluding hydrogens is 208 g/mol. The molecule has 2 N–H and O–H groups in total. The Hall–Kier alpha value is -0.650. The fourth-order valence-corrected chi connectivity index (χ4v) is 1.69. The molecule has 1 aliphatic heterocycles. The molecule has 5 heteroatoms. The summed E-state index contributed by atoms with van der Waals surface area (Å²) in [4.78, 5) is 13.6. The van der Waals surface area contributed by atoms with Gasteiger partial charge in [-0.25, -0.2) is 0 Å². The molecule has 0 aromatic carbocycles. The Morgan fingerprint density at radius 1 is 1.50 bits per heavy atom. The molecule has 0 radical (unpaired) electrons. The van der Waals surface area contributed by atoms with Crippen molar-refractivity contribution in [1.29, 1.82) is 0 Å². The number of ether oxygens (including phenoxy) is 1. The highest BCUT2D eigenvalue weighted by Crippen LogP contribution is 1.96. The van der Waals surface area contributed by atoms with Crippen molar-refractivity contribution in [2.45, 2.75) is 25.9 Å². The van der Waals surface area contributed by atoms with E-state index in [2.05, 4.69) is 10.2 Å². The molecule has 0 bridgehead atoms. The van der Waals surface area contributed by atoms with E-state index in [1.807, 2.05) is 6.92 Å². The predicted molar refractivity (Wildman–Crippen MR) is 61.2 cm³/mol. The van der Waals surface area contributed by atoms with Crippen LogP contribution in [0.4, 0.5) is 0 Å². The van der Waals surface area contributed by atoms with Crippen molar-refractivity contribution in [2.75, 3.05) is 39.4 Å². The minimum Gasteiger partial charge on any atom is -0.391 e. The summed E-state index contributed by atoms with van der Waals surface area (Å²) in [5.41, 5.74) is 0. The van der Waals surface area contributed by atoms with Gasteiger partial charge in [0.05, 0.1) is 25.9 Å². The zero-order valence-electron chi connectivity index (χ0n) is 9.95. The Balaban J connectivity index is 2.10. The number of hydrogen-bond acceptors (Lipinski definition) is 4. The van der Waals surface area contributed by atoms with E-state index in [1.165, 1.54) is 0 Å². The van der Waals surface area contributed by atoms with Crippen LogP contribution in [0, 0.1) is 0 Å². The maximum Gasteiger partial charge on any atom is 0.234 e. The third kappa shape index (κ3) is 5.44. The second-order valence-electron chi connectivity index (χ2n) is 4.14. The first-order valence-corrected chi connectivity index (χ1v) is 5.97. The lowest BCUT2D eigenvalue weighted by Crippen LogP contribution is -2.44. The molecule has 94 valence electrons. The minimum absolute atomic E-state index is 0.0166. The number of carbonyl (C=O) groups is 1. The van der Waals surface area contributed by atoms with Crippen LogP contribution in [0.25, 0.3) is 0 Å². The van der Waals surface area contributed by atoms with E-state index in [0.29, 0.717) is 26.3 Å². The molecular formula is C11H22N2O3. The Bertz CT molecular complexity index is 205. The number of rotatable bonds is 6. The number of hydrogen-bond donors (Lipinski definition) is 2. The number of aliphatic hydroxyl groups is 1. The Kier molecular flexibility index (Phi) is 6.37. The number of aliphatic hydroxyl groups excluding tert-OH is 1. The van der Waals surface area contributed by atoms with Gasteiger partial charge in [-0.2, -0.15) is 0 Å². The zero-order valence-corrected chi connectivity index (χ0v) is 9.95. The van der Waals surface area contributed by atoms with Crippen LogP contribution in [-0.2, 0) is 9.53 Å². The Morgan fingerprint density at radius 2 is 2.19 bits per heavy atom. The highest BCUT2D eigenvalue weighted by atomic mass is 16.5. The summed E-state index contributed by atoms with van der Waals surface area (Å²) in [6.07, 6.45) is 1.25. The molecule has 1 rings (SSSR count). The van der Waals surface area contributed by atoms with Crippen LogP contribution >= 0.6 is 0 Å². The number of carbonyl (C=O) groups excluding carboxylic acids is 1. The van der Waals surface area contributed by atoms with E-state index in [0.717, 1.165) is 25.9 Å². The molecule has 1 unspecified atom stereocenters. The van der Waals surface area contributed by atoms with Gasteiger partial charge in [0.2, 0.25) is 5.91 Å². The molecule has 1 fully saturated rings. The highest BCUT2D eigenvalue weighted by Gasteiger charge is 2.14. The number of nitrogens with one attached hydrogen (secondary N) is 1. The maximum absolute atomic E-state index is 11.5. The fraction of sp³-hybridized carbons (Fsp3) is 0.909. The zero-order chi connectivity index (χ0) is 11.8. The minimum atomic E-state index is -0.418. The lowest BCUT2D eigenvalue weighted by atomic mass is 10.2. The molecule has 1 saturated heterocycles. The number of amides is 1. The summed E-state index contributed by atoms with van der Waals surface area (Å²) in [5, 5.41) is 12.2. The van der Waals surface area contributed by atoms with E-state index in [-0.39, 0.29) is 5.91 Å². The van der Waals surface area contributed by atoms with Crippen LogP contribution in [-0.4, -0.2) is 61.4 Å².